The van der Waals surface area contributed by atoms with Crippen LogP contribution < -0.4 is 0 Å². The van der Waals surface area contributed by atoms with E-state index in [2.05, 4.69) is 30.4 Å². The van der Waals surface area contributed by atoms with E-state index in [1.54, 1.807) is 0 Å². The minimum atomic E-state index is -0.276. The summed E-state index contributed by atoms with van der Waals surface area (Å²) in [6.45, 7) is 2.22. The van der Waals surface area contributed by atoms with Crippen molar-refractivity contribution in [1.29, 1.82) is 0 Å². The quantitative estimate of drug-likeness (QED) is 0.592. The maximum Gasteiger partial charge on any atom is 0.338 e. The largest absolute Gasteiger partial charge is 0.507 e. The molecule has 0 aromatic carbocycles. The van der Waals surface area contributed by atoms with Crippen molar-refractivity contribution in [3.05, 3.63) is 47.3 Å². The summed E-state index contributed by atoms with van der Waals surface area (Å²) in [6, 6.07) is 0. The Morgan fingerprint density at radius 3 is 2.93 bits per heavy atom. The number of fused-ring (bicyclic) bond motifs is 4. The Balaban J connectivity index is 1.48. The SMILES string of the molecule is CCOC(=O)C1=C(O)/C2=C/C=C\C3C4C=CC(C4)C34CC3C5CC(C13)C2C54. The normalized spacial score (nSPS) is 57.5. The molecule has 0 amide bonds. The molecule has 7 aliphatic carbocycles. The molecule has 140 valence electrons. The van der Waals surface area contributed by atoms with Crippen LogP contribution in [0.15, 0.2) is 47.3 Å². The van der Waals surface area contributed by atoms with Crippen molar-refractivity contribution in [3.63, 3.8) is 0 Å². The van der Waals surface area contributed by atoms with Gasteiger partial charge in [0.2, 0.25) is 0 Å². The van der Waals surface area contributed by atoms with Gasteiger partial charge >= 0.3 is 5.97 Å². The van der Waals surface area contributed by atoms with Crippen molar-refractivity contribution in [2.24, 2.45) is 58.7 Å². The van der Waals surface area contributed by atoms with Gasteiger partial charge < -0.3 is 9.84 Å². The van der Waals surface area contributed by atoms with E-state index < -0.39 is 0 Å². The summed E-state index contributed by atoms with van der Waals surface area (Å²) >= 11 is 0. The summed E-state index contributed by atoms with van der Waals surface area (Å²) in [6.07, 6.45) is 15.5. The summed E-state index contributed by atoms with van der Waals surface area (Å²) in [5.74, 6) is 5.19. The van der Waals surface area contributed by atoms with E-state index in [4.69, 9.17) is 4.74 Å². The lowest BCUT2D eigenvalue weighted by molar-refractivity contribution is -0.140. The third-order valence-corrected chi connectivity index (χ3v) is 9.74. The Kier molecular flexibility index (Phi) is 2.60. The molecule has 7 rings (SSSR count). The monoisotopic (exact) mass is 362 g/mol. The second-order valence-electron chi connectivity index (χ2n) is 10.0. The van der Waals surface area contributed by atoms with Crippen molar-refractivity contribution in [3.8, 4) is 0 Å². The van der Waals surface area contributed by atoms with Gasteiger partial charge in [0.05, 0.1) is 12.2 Å². The molecule has 0 aliphatic heterocycles. The van der Waals surface area contributed by atoms with E-state index in [1.807, 2.05) is 6.92 Å². The fourth-order valence-electron chi connectivity index (χ4n) is 9.44. The molecule has 4 fully saturated rings. The van der Waals surface area contributed by atoms with E-state index in [1.165, 1.54) is 19.3 Å². The smallest absolute Gasteiger partial charge is 0.338 e. The van der Waals surface area contributed by atoms with Gasteiger partial charge in [0.25, 0.3) is 0 Å². The second kappa shape index (κ2) is 4.61. The number of aliphatic hydroxyl groups is 1. The van der Waals surface area contributed by atoms with Crippen LogP contribution in [0.5, 0.6) is 0 Å². The van der Waals surface area contributed by atoms with E-state index in [0.717, 1.165) is 11.5 Å². The summed E-state index contributed by atoms with van der Waals surface area (Å²) < 4.78 is 5.41. The second-order valence-corrected chi connectivity index (χ2v) is 10.0. The predicted molar refractivity (Wildman–Crippen MR) is 100 cm³/mol. The predicted octanol–water partition coefficient (Wildman–Crippen LogP) is 4.20. The molecule has 1 N–H and O–H groups in total. The standard InChI is InChI=1S/C24H26O3/c1-2-27-23(26)20-18-15-9-14-16(18)10-24-12-7-6-11(8-12)17(24)5-3-4-13(22(20)25)19(15)21(14)24/h3-7,11-12,14-19,21,25H,2,8-10H2,1H3/b5-3-,13-4+. The zero-order valence-electron chi connectivity index (χ0n) is 15.7. The average molecular weight is 362 g/mol. The number of esters is 1. The highest BCUT2D eigenvalue weighted by Gasteiger charge is 2.76. The molecule has 0 aromatic heterocycles. The molecule has 0 heterocycles. The number of allylic oxidation sites excluding steroid dienone is 6. The zero-order valence-corrected chi connectivity index (χ0v) is 15.7. The van der Waals surface area contributed by atoms with Crippen molar-refractivity contribution in [1.82, 2.24) is 0 Å². The number of hydrogen-bond acceptors (Lipinski definition) is 3. The molecule has 27 heavy (non-hydrogen) atoms. The number of carbonyl (C=O) groups excluding carboxylic acids is 1. The first-order valence-corrected chi connectivity index (χ1v) is 10.8. The molecule has 7 aliphatic rings. The molecule has 10 unspecified atom stereocenters. The minimum absolute atomic E-state index is 0.216. The van der Waals surface area contributed by atoms with Gasteiger partial charge in [-0.3, -0.25) is 0 Å². The highest BCUT2D eigenvalue weighted by atomic mass is 16.5. The number of carbonyl (C=O) groups is 1. The van der Waals surface area contributed by atoms with Crippen molar-refractivity contribution in [2.45, 2.75) is 26.2 Å². The van der Waals surface area contributed by atoms with Crippen LogP contribution in [0.2, 0.25) is 0 Å². The summed E-state index contributed by atoms with van der Waals surface area (Å²) in [4.78, 5) is 12.9. The van der Waals surface area contributed by atoms with E-state index in [9.17, 15) is 9.90 Å². The topological polar surface area (TPSA) is 46.5 Å². The van der Waals surface area contributed by atoms with Crippen molar-refractivity contribution < 1.29 is 14.6 Å². The molecular weight excluding hydrogens is 336 g/mol. The van der Waals surface area contributed by atoms with Crippen molar-refractivity contribution in [2.75, 3.05) is 6.61 Å². The molecule has 3 heteroatoms. The molecule has 3 nitrogen and oxygen atoms in total. The molecule has 0 radical (unpaired) electrons. The lowest BCUT2D eigenvalue weighted by atomic mass is 9.55. The molecule has 0 aromatic rings. The highest BCUT2D eigenvalue weighted by molar-refractivity contribution is 5.91. The van der Waals surface area contributed by atoms with E-state index in [0.29, 0.717) is 59.0 Å². The van der Waals surface area contributed by atoms with Gasteiger partial charge in [-0.1, -0.05) is 30.4 Å². The van der Waals surface area contributed by atoms with Crippen LogP contribution in [0.3, 0.4) is 0 Å². The molecular formula is C24H26O3. The van der Waals surface area contributed by atoms with Crippen molar-refractivity contribution >= 4 is 5.97 Å². The summed E-state index contributed by atoms with van der Waals surface area (Å²) in [5.41, 5.74) is 2.01. The van der Waals surface area contributed by atoms with Gasteiger partial charge in [0.15, 0.2) is 0 Å². The minimum Gasteiger partial charge on any atom is -0.507 e. The van der Waals surface area contributed by atoms with Gasteiger partial charge in [-0.2, -0.15) is 0 Å². The number of hydrogen-bond donors (Lipinski definition) is 1. The Morgan fingerprint density at radius 1 is 1.19 bits per heavy atom. The van der Waals surface area contributed by atoms with Gasteiger partial charge in [-0.05, 0) is 84.5 Å². The fraction of sp³-hybridized carbons (Fsp3) is 0.625. The molecule has 1 spiro atoms. The van der Waals surface area contributed by atoms with Crippen LogP contribution in [-0.4, -0.2) is 17.7 Å². The van der Waals surface area contributed by atoms with Gasteiger partial charge in [0, 0.05) is 5.92 Å². The average Bonchev–Trinajstić information content (AvgIpc) is 3.38. The van der Waals surface area contributed by atoms with Gasteiger partial charge in [-0.15, -0.1) is 0 Å². The Morgan fingerprint density at radius 2 is 2.07 bits per heavy atom. The Bertz CT molecular complexity index is 891. The lowest BCUT2D eigenvalue weighted by Crippen LogP contribution is -2.45. The van der Waals surface area contributed by atoms with E-state index in [-0.39, 0.29) is 17.6 Å². The molecule has 4 bridgehead atoms. The zero-order chi connectivity index (χ0) is 18.1. The third-order valence-electron chi connectivity index (χ3n) is 9.74. The van der Waals surface area contributed by atoms with Gasteiger partial charge in [0.1, 0.15) is 5.76 Å². The number of aliphatic hydroxyl groups excluding tert-OH is 1. The molecule has 4 saturated carbocycles. The number of ether oxygens (including phenoxy) is 1. The number of rotatable bonds is 2. The van der Waals surface area contributed by atoms with Gasteiger partial charge in [-0.25, -0.2) is 4.79 Å². The third kappa shape index (κ3) is 1.44. The maximum atomic E-state index is 12.9. The fourth-order valence-corrected chi connectivity index (χ4v) is 9.44. The van der Waals surface area contributed by atoms with Crippen LogP contribution in [-0.2, 0) is 9.53 Å². The van der Waals surface area contributed by atoms with Crippen LogP contribution in [0.25, 0.3) is 0 Å². The Labute approximate surface area is 159 Å². The van der Waals surface area contributed by atoms with Crippen LogP contribution in [0, 0.1) is 58.7 Å². The Hall–Kier alpha value is -1.77. The molecule has 10 atom stereocenters. The van der Waals surface area contributed by atoms with E-state index >= 15 is 0 Å². The van der Waals surface area contributed by atoms with Crippen LogP contribution >= 0.6 is 0 Å². The lowest BCUT2D eigenvalue weighted by Gasteiger charge is -2.48. The first-order valence-electron chi connectivity index (χ1n) is 10.8. The first-order chi connectivity index (χ1) is 13.2. The first kappa shape index (κ1) is 15.2. The summed E-state index contributed by atoms with van der Waals surface area (Å²) in [5, 5.41) is 11.2. The maximum absolute atomic E-state index is 12.9. The highest BCUT2D eigenvalue weighted by Crippen LogP contribution is 2.81. The molecule has 0 saturated heterocycles. The van der Waals surface area contributed by atoms with Crippen LogP contribution in [0.1, 0.15) is 26.2 Å². The summed E-state index contributed by atoms with van der Waals surface area (Å²) in [7, 11) is 0. The van der Waals surface area contributed by atoms with Crippen LogP contribution in [0.4, 0.5) is 0 Å².